The normalized spacial score (nSPS) is 18.4. The number of ether oxygens (including phenoxy) is 1. The van der Waals surface area contributed by atoms with E-state index in [1.54, 1.807) is 7.11 Å². The first-order chi connectivity index (χ1) is 8.99. The van der Waals surface area contributed by atoms with Gasteiger partial charge in [-0.15, -0.1) is 0 Å². The Morgan fingerprint density at radius 1 is 1.47 bits per heavy atom. The molecule has 1 unspecified atom stereocenters. The number of rotatable bonds is 9. The Labute approximate surface area is 113 Å². The van der Waals surface area contributed by atoms with E-state index in [0.29, 0.717) is 19.6 Å². The summed E-state index contributed by atoms with van der Waals surface area (Å²) in [5.41, 5.74) is 5.51. The molecule has 0 bridgehead atoms. The molecule has 0 aromatic rings. The summed E-state index contributed by atoms with van der Waals surface area (Å²) < 4.78 is 4.90. The lowest BCUT2D eigenvalue weighted by molar-refractivity contribution is -0.142. The van der Waals surface area contributed by atoms with E-state index in [9.17, 15) is 9.59 Å². The van der Waals surface area contributed by atoms with Crippen LogP contribution in [0.15, 0.2) is 0 Å². The quantitative estimate of drug-likeness (QED) is 0.531. The van der Waals surface area contributed by atoms with Gasteiger partial charge in [-0.3, -0.25) is 9.59 Å². The van der Waals surface area contributed by atoms with Crippen LogP contribution in [0.25, 0.3) is 0 Å². The molecule has 0 aromatic heterocycles. The standard InChI is InChI=1S/C13H24N2O4/c1-19-7-2-4-10(14)12(18)15-9-13(5-3-6-13)8-11(16)17/h10H,2-9,14H2,1H3,(H,15,18)(H,16,17). The summed E-state index contributed by atoms with van der Waals surface area (Å²) >= 11 is 0. The number of nitrogens with one attached hydrogen (secondary N) is 1. The molecule has 0 saturated heterocycles. The number of methoxy groups -OCH3 is 1. The average Bonchev–Trinajstić information content (AvgIpc) is 2.31. The molecular formula is C13H24N2O4. The Kier molecular flexibility index (Phi) is 6.24. The van der Waals surface area contributed by atoms with Crippen molar-refractivity contribution in [1.82, 2.24) is 5.32 Å². The van der Waals surface area contributed by atoms with Crippen LogP contribution in [0.3, 0.4) is 0 Å². The van der Waals surface area contributed by atoms with Crippen molar-refractivity contribution in [2.45, 2.75) is 44.6 Å². The fraction of sp³-hybridized carbons (Fsp3) is 0.846. The summed E-state index contributed by atoms with van der Waals surface area (Å²) in [5.74, 6) is -1.01. The SMILES string of the molecule is COCCCC(N)C(=O)NCC1(CC(=O)O)CCC1. The highest BCUT2D eigenvalue weighted by Gasteiger charge is 2.39. The van der Waals surface area contributed by atoms with Gasteiger partial charge in [0.2, 0.25) is 5.91 Å². The zero-order valence-electron chi connectivity index (χ0n) is 11.5. The summed E-state index contributed by atoms with van der Waals surface area (Å²) in [4.78, 5) is 22.6. The summed E-state index contributed by atoms with van der Waals surface area (Å²) in [5, 5.41) is 11.7. The number of amides is 1. The maximum atomic E-state index is 11.8. The van der Waals surface area contributed by atoms with Gasteiger partial charge in [0.25, 0.3) is 0 Å². The Hall–Kier alpha value is -1.14. The van der Waals surface area contributed by atoms with Crippen LogP contribution >= 0.6 is 0 Å². The number of carbonyl (C=O) groups is 2. The van der Waals surface area contributed by atoms with Crippen molar-refractivity contribution < 1.29 is 19.4 Å². The van der Waals surface area contributed by atoms with Crippen molar-refractivity contribution in [2.75, 3.05) is 20.3 Å². The topological polar surface area (TPSA) is 102 Å². The second kappa shape index (κ2) is 7.45. The molecule has 4 N–H and O–H groups in total. The van der Waals surface area contributed by atoms with E-state index >= 15 is 0 Å². The minimum Gasteiger partial charge on any atom is -0.481 e. The van der Waals surface area contributed by atoms with E-state index in [1.807, 2.05) is 0 Å². The fourth-order valence-electron chi connectivity index (χ4n) is 2.40. The molecular weight excluding hydrogens is 248 g/mol. The minimum atomic E-state index is -0.807. The van der Waals surface area contributed by atoms with Crippen molar-refractivity contribution in [3.8, 4) is 0 Å². The van der Waals surface area contributed by atoms with Crippen LogP contribution in [-0.4, -0.2) is 43.3 Å². The highest BCUT2D eigenvalue weighted by molar-refractivity contribution is 5.81. The van der Waals surface area contributed by atoms with Gasteiger partial charge in [0.1, 0.15) is 0 Å². The second-order valence-electron chi connectivity index (χ2n) is 5.38. The molecule has 1 aliphatic carbocycles. The van der Waals surface area contributed by atoms with Gasteiger partial charge in [-0.05, 0) is 31.1 Å². The van der Waals surface area contributed by atoms with Gasteiger partial charge in [0.05, 0.1) is 12.5 Å². The molecule has 1 rings (SSSR count). The van der Waals surface area contributed by atoms with Crippen LogP contribution in [0.4, 0.5) is 0 Å². The Bertz CT molecular complexity index is 316. The molecule has 19 heavy (non-hydrogen) atoms. The molecule has 1 saturated carbocycles. The summed E-state index contributed by atoms with van der Waals surface area (Å²) in [6.45, 7) is 1.00. The van der Waals surface area contributed by atoms with Crippen LogP contribution in [-0.2, 0) is 14.3 Å². The number of aliphatic carboxylic acids is 1. The van der Waals surface area contributed by atoms with Gasteiger partial charge in [-0.25, -0.2) is 0 Å². The highest BCUT2D eigenvalue weighted by atomic mass is 16.5. The van der Waals surface area contributed by atoms with Gasteiger partial charge >= 0.3 is 5.97 Å². The molecule has 6 heteroatoms. The average molecular weight is 272 g/mol. The van der Waals surface area contributed by atoms with Crippen molar-refractivity contribution in [3.05, 3.63) is 0 Å². The predicted molar refractivity (Wildman–Crippen MR) is 70.6 cm³/mol. The van der Waals surface area contributed by atoms with Crippen molar-refractivity contribution in [3.63, 3.8) is 0 Å². The first-order valence-electron chi connectivity index (χ1n) is 6.73. The van der Waals surface area contributed by atoms with Gasteiger partial charge in [-0.1, -0.05) is 6.42 Å². The van der Waals surface area contributed by atoms with E-state index in [4.69, 9.17) is 15.6 Å². The number of hydrogen-bond acceptors (Lipinski definition) is 4. The predicted octanol–water partition coefficient (Wildman–Crippen LogP) is 0.502. The molecule has 0 spiro atoms. The van der Waals surface area contributed by atoms with Gasteiger partial charge in [0.15, 0.2) is 0 Å². The highest BCUT2D eigenvalue weighted by Crippen LogP contribution is 2.43. The summed E-state index contributed by atoms with van der Waals surface area (Å²) in [6, 6.07) is -0.544. The van der Waals surface area contributed by atoms with Crippen molar-refractivity contribution >= 4 is 11.9 Å². The van der Waals surface area contributed by atoms with E-state index < -0.39 is 12.0 Å². The fourth-order valence-corrected chi connectivity index (χ4v) is 2.40. The summed E-state index contributed by atoms with van der Waals surface area (Å²) in [6.07, 6.45) is 4.18. The Morgan fingerprint density at radius 2 is 2.16 bits per heavy atom. The number of carboxylic acids is 1. The van der Waals surface area contributed by atoms with Crippen LogP contribution < -0.4 is 11.1 Å². The molecule has 0 radical (unpaired) electrons. The van der Waals surface area contributed by atoms with E-state index in [2.05, 4.69) is 5.32 Å². The molecule has 0 heterocycles. The summed E-state index contributed by atoms with van der Waals surface area (Å²) in [7, 11) is 1.61. The molecule has 6 nitrogen and oxygen atoms in total. The largest absolute Gasteiger partial charge is 0.481 e. The van der Waals surface area contributed by atoms with Gasteiger partial charge in [-0.2, -0.15) is 0 Å². The van der Waals surface area contributed by atoms with Crippen LogP contribution in [0.1, 0.15) is 38.5 Å². The van der Waals surface area contributed by atoms with Crippen LogP contribution in [0.2, 0.25) is 0 Å². The van der Waals surface area contributed by atoms with E-state index in [-0.39, 0.29) is 17.7 Å². The third-order valence-corrected chi connectivity index (χ3v) is 3.78. The van der Waals surface area contributed by atoms with Crippen LogP contribution in [0, 0.1) is 5.41 Å². The molecule has 1 atom stereocenters. The molecule has 1 amide bonds. The number of carboxylic acid groups (broad SMARTS) is 1. The molecule has 110 valence electrons. The monoisotopic (exact) mass is 272 g/mol. The van der Waals surface area contributed by atoms with Gasteiger partial charge < -0.3 is 20.9 Å². The Morgan fingerprint density at radius 3 is 2.63 bits per heavy atom. The van der Waals surface area contributed by atoms with Gasteiger partial charge in [0, 0.05) is 20.3 Å². The first kappa shape index (κ1) is 15.9. The number of nitrogens with two attached hydrogens (primary N) is 1. The van der Waals surface area contributed by atoms with Crippen LogP contribution in [0.5, 0.6) is 0 Å². The third kappa shape index (κ3) is 5.16. The molecule has 0 aromatic carbocycles. The zero-order chi connectivity index (χ0) is 14.3. The smallest absolute Gasteiger partial charge is 0.303 e. The third-order valence-electron chi connectivity index (χ3n) is 3.78. The molecule has 1 aliphatic rings. The number of hydrogen-bond donors (Lipinski definition) is 3. The lowest BCUT2D eigenvalue weighted by Crippen LogP contribution is -2.48. The molecule has 1 fully saturated rings. The maximum absolute atomic E-state index is 11.8. The lowest BCUT2D eigenvalue weighted by Gasteiger charge is -2.41. The lowest BCUT2D eigenvalue weighted by atomic mass is 9.66. The van der Waals surface area contributed by atoms with E-state index in [0.717, 1.165) is 25.7 Å². The maximum Gasteiger partial charge on any atom is 0.303 e. The second-order valence-corrected chi connectivity index (χ2v) is 5.38. The minimum absolute atomic E-state index is 0.117. The van der Waals surface area contributed by atoms with Crippen molar-refractivity contribution in [2.24, 2.45) is 11.1 Å². The Balaban J connectivity index is 2.30. The molecule has 0 aliphatic heterocycles. The number of carbonyl (C=O) groups excluding carboxylic acids is 1. The first-order valence-corrected chi connectivity index (χ1v) is 6.73. The van der Waals surface area contributed by atoms with E-state index in [1.165, 1.54) is 0 Å². The zero-order valence-corrected chi connectivity index (χ0v) is 11.5. The van der Waals surface area contributed by atoms with Crippen molar-refractivity contribution in [1.29, 1.82) is 0 Å².